The van der Waals surface area contributed by atoms with Crippen LogP contribution in [0, 0.1) is 0 Å². The Morgan fingerprint density at radius 1 is 1.00 bits per heavy atom. The van der Waals surface area contributed by atoms with Crippen LogP contribution in [0.1, 0.15) is 57.3 Å². The van der Waals surface area contributed by atoms with Gasteiger partial charge in [0.05, 0.1) is 16.8 Å². The van der Waals surface area contributed by atoms with Crippen LogP contribution in [-0.2, 0) is 25.9 Å². The molecule has 1 aromatic heterocycles. The molecule has 1 amide bonds. The highest BCUT2D eigenvalue weighted by molar-refractivity contribution is 6.03. The van der Waals surface area contributed by atoms with Crippen LogP contribution in [0.25, 0.3) is 11.3 Å². The average Bonchev–Trinajstić information content (AvgIpc) is 3.46. The van der Waals surface area contributed by atoms with Gasteiger partial charge in [0.15, 0.2) is 11.5 Å². The van der Waals surface area contributed by atoms with Gasteiger partial charge in [-0.1, -0.05) is 24.3 Å². The average molecular weight is 459 g/mol. The molecule has 3 aromatic rings. The van der Waals surface area contributed by atoms with E-state index in [2.05, 4.69) is 23.6 Å². The lowest BCUT2D eigenvalue weighted by molar-refractivity contribution is 0.0656. The minimum absolute atomic E-state index is 0.0384. The Balaban J connectivity index is 1.49. The Kier molecular flexibility index (Phi) is 4.86. The quantitative estimate of drug-likeness (QED) is 0.625. The Hall–Kier alpha value is -3.74. The highest BCUT2D eigenvalue weighted by Crippen LogP contribution is 2.42. The summed E-state index contributed by atoms with van der Waals surface area (Å²) in [4.78, 5) is 27.9. The zero-order chi connectivity index (χ0) is 23.4. The van der Waals surface area contributed by atoms with Crippen molar-refractivity contribution in [1.29, 1.82) is 0 Å². The van der Waals surface area contributed by atoms with E-state index in [-0.39, 0.29) is 18.7 Å². The third-order valence-corrected chi connectivity index (χ3v) is 7.27. The summed E-state index contributed by atoms with van der Waals surface area (Å²) in [5.41, 5.74) is 5.52. The first kappa shape index (κ1) is 20.8. The first-order valence-electron chi connectivity index (χ1n) is 11.8. The van der Waals surface area contributed by atoms with Gasteiger partial charge in [-0.15, -0.1) is 0 Å². The topological polar surface area (TPSA) is 81.0 Å². The second kappa shape index (κ2) is 7.94. The number of hydrogen-bond donors (Lipinski definition) is 1. The summed E-state index contributed by atoms with van der Waals surface area (Å²) < 4.78 is 13.3. The van der Waals surface area contributed by atoms with Gasteiger partial charge in [-0.25, -0.2) is 4.79 Å². The van der Waals surface area contributed by atoms with Crippen LogP contribution in [0.3, 0.4) is 0 Å². The Labute approximate surface area is 197 Å². The van der Waals surface area contributed by atoms with E-state index in [1.54, 1.807) is 12.1 Å². The normalized spacial score (nSPS) is 18.4. The molecule has 1 atom stereocenters. The molecule has 1 N–H and O–H groups in total. The van der Waals surface area contributed by atoms with E-state index in [1.165, 1.54) is 5.56 Å². The van der Waals surface area contributed by atoms with Gasteiger partial charge >= 0.3 is 5.97 Å². The second-order valence-corrected chi connectivity index (χ2v) is 9.31. The summed E-state index contributed by atoms with van der Waals surface area (Å²) in [5.74, 6) is 0.0955. The zero-order valence-electron chi connectivity index (χ0n) is 19.0. The number of amides is 1. The minimum atomic E-state index is -0.938. The van der Waals surface area contributed by atoms with E-state index in [0.717, 1.165) is 49.2 Å². The molecule has 0 fully saturated rings. The Morgan fingerprint density at radius 2 is 1.76 bits per heavy atom. The fourth-order valence-electron chi connectivity index (χ4n) is 5.52. The molecule has 0 spiro atoms. The smallest absolute Gasteiger partial charge is 0.337 e. The van der Waals surface area contributed by atoms with Crippen molar-refractivity contribution in [3.8, 4) is 22.8 Å². The number of ether oxygens (including phenoxy) is 2. The fourth-order valence-corrected chi connectivity index (χ4v) is 5.52. The van der Waals surface area contributed by atoms with Gasteiger partial charge in [0.1, 0.15) is 0 Å². The van der Waals surface area contributed by atoms with Crippen molar-refractivity contribution in [2.45, 2.75) is 51.7 Å². The van der Waals surface area contributed by atoms with E-state index in [4.69, 9.17) is 9.47 Å². The van der Waals surface area contributed by atoms with Crippen LogP contribution in [0.2, 0.25) is 0 Å². The third-order valence-electron chi connectivity index (χ3n) is 7.27. The number of rotatable bonds is 3. The standard InChI is InChI=1S/C27H26N2O5/c1-16-10-17-6-2-3-7-18(17)14-29(16)26(30)20-13-25-24(33-15-34-25)12-19(20)23-11-21(27(31)32)22-8-4-5-9-28(22)23/h2-3,6-7,11-13,16H,4-5,8-10,14-15H2,1H3,(H,31,32)/t16-/m1/s1. The SMILES string of the molecule is C[C@@H]1Cc2ccccc2CN1C(=O)c1cc2c(cc1-c1cc(C(=O)O)c3n1CCCC3)OCO2. The van der Waals surface area contributed by atoms with Crippen LogP contribution < -0.4 is 9.47 Å². The number of benzene rings is 2. The number of carbonyl (C=O) groups excluding carboxylic acids is 1. The number of carboxylic acid groups (broad SMARTS) is 1. The van der Waals surface area contributed by atoms with Crippen LogP contribution in [-0.4, -0.2) is 39.3 Å². The van der Waals surface area contributed by atoms with Gasteiger partial charge in [0.25, 0.3) is 5.91 Å². The molecule has 3 aliphatic rings. The molecule has 0 aliphatic carbocycles. The molecular weight excluding hydrogens is 432 g/mol. The van der Waals surface area contributed by atoms with E-state index < -0.39 is 5.97 Å². The molecule has 0 bridgehead atoms. The Morgan fingerprint density at radius 3 is 2.56 bits per heavy atom. The number of hydrogen-bond acceptors (Lipinski definition) is 4. The fraction of sp³-hybridized carbons (Fsp3) is 0.333. The monoisotopic (exact) mass is 458 g/mol. The van der Waals surface area contributed by atoms with Crippen molar-refractivity contribution < 1.29 is 24.2 Å². The summed E-state index contributed by atoms with van der Waals surface area (Å²) >= 11 is 0. The number of aromatic nitrogens is 1. The first-order valence-corrected chi connectivity index (χ1v) is 11.8. The summed E-state index contributed by atoms with van der Waals surface area (Å²) in [6.07, 6.45) is 3.45. The molecular formula is C27H26N2O5. The maximum Gasteiger partial charge on any atom is 0.337 e. The summed E-state index contributed by atoms with van der Waals surface area (Å²) in [6, 6.07) is 13.6. The van der Waals surface area contributed by atoms with E-state index in [9.17, 15) is 14.7 Å². The van der Waals surface area contributed by atoms with Crippen LogP contribution in [0.15, 0.2) is 42.5 Å². The lowest BCUT2D eigenvalue weighted by atomic mass is 9.93. The van der Waals surface area contributed by atoms with Crippen molar-refractivity contribution in [3.63, 3.8) is 0 Å². The van der Waals surface area contributed by atoms with Crippen molar-refractivity contribution in [3.05, 3.63) is 70.4 Å². The lowest BCUT2D eigenvalue weighted by Crippen LogP contribution is -2.42. The maximum atomic E-state index is 14.0. The van der Waals surface area contributed by atoms with Crippen molar-refractivity contribution >= 4 is 11.9 Å². The summed E-state index contributed by atoms with van der Waals surface area (Å²) in [6.45, 7) is 3.44. The predicted molar refractivity (Wildman–Crippen MR) is 125 cm³/mol. The van der Waals surface area contributed by atoms with Gasteiger partial charge in [-0.05, 0) is 61.9 Å². The van der Waals surface area contributed by atoms with Gasteiger partial charge in [-0.3, -0.25) is 4.79 Å². The molecule has 0 saturated carbocycles. The van der Waals surface area contributed by atoms with Crippen molar-refractivity contribution in [1.82, 2.24) is 9.47 Å². The molecule has 7 heteroatoms. The molecule has 7 nitrogen and oxygen atoms in total. The number of carbonyl (C=O) groups is 2. The maximum absolute atomic E-state index is 14.0. The third kappa shape index (κ3) is 3.26. The second-order valence-electron chi connectivity index (χ2n) is 9.31. The van der Waals surface area contributed by atoms with Gasteiger partial charge in [0, 0.05) is 30.4 Å². The lowest BCUT2D eigenvalue weighted by Gasteiger charge is -2.35. The number of aromatic carboxylic acids is 1. The van der Waals surface area contributed by atoms with Crippen LogP contribution in [0.5, 0.6) is 11.5 Å². The molecule has 2 aromatic carbocycles. The highest BCUT2D eigenvalue weighted by atomic mass is 16.7. The predicted octanol–water partition coefficient (Wildman–Crippen LogP) is 4.51. The molecule has 3 aliphatic heterocycles. The molecule has 0 saturated heterocycles. The van der Waals surface area contributed by atoms with Gasteiger partial charge in [0.2, 0.25) is 6.79 Å². The van der Waals surface area contributed by atoms with Crippen molar-refractivity contribution in [2.24, 2.45) is 0 Å². The van der Waals surface area contributed by atoms with E-state index in [0.29, 0.717) is 34.7 Å². The van der Waals surface area contributed by atoms with E-state index >= 15 is 0 Å². The number of fused-ring (bicyclic) bond motifs is 3. The molecule has 0 unspecified atom stereocenters. The molecule has 34 heavy (non-hydrogen) atoms. The van der Waals surface area contributed by atoms with Crippen LogP contribution in [0.4, 0.5) is 0 Å². The molecule has 174 valence electrons. The largest absolute Gasteiger partial charge is 0.478 e. The zero-order valence-corrected chi connectivity index (χ0v) is 19.0. The van der Waals surface area contributed by atoms with Gasteiger partial charge in [-0.2, -0.15) is 0 Å². The van der Waals surface area contributed by atoms with Crippen molar-refractivity contribution in [2.75, 3.05) is 6.79 Å². The molecule has 0 radical (unpaired) electrons. The highest BCUT2D eigenvalue weighted by Gasteiger charge is 2.32. The molecule has 6 rings (SSSR count). The minimum Gasteiger partial charge on any atom is -0.478 e. The van der Waals surface area contributed by atoms with E-state index in [1.807, 2.05) is 23.1 Å². The summed E-state index contributed by atoms with van der Waals surface area (Å²) in [5, 5.41) is 9.83. The van der Waals surface area contributed by atoms with Gasteiger partial charge < -0.3 is 24.0 Å². The number of nitrogens with zero attached hydrogens (tertiary/aromatic N) is 2. The summed E-state index contributed by atoms with van der Waals surface area (Å²) in [7, 11) is 0. The van der Waals surface area contributed by atoms with Crippen LogP contribution >= 0.6 is 0 Å². The first-order chi connectivity index (χ1) is 16.5. The molecule has 4 heterocycles. The Bertz CT molecular complexity index is 1320. The number of carboxylic acids is 1.